The molecule has 4 heteroatoms. The Morgan fingerprint density at radius 1 is 1.37 bits per heavy atom. The van der Waals surface area contributed by atoms with Gasteiger partial charge in [0, 0.05) is 13.1 Å². The van der Waals surface area contributed by atoms with Gasteiger partial charge in [-0.1, -0.05) is 26.0 Å². The number of carbonyl (C=O) groups is 1. The molecule has 4 nitrogen and oxygen atoms in total. The quantitative estimate of drug-likeness (QED) is 0.849. The Balaban J connectivity index is 1.87. The maximum absolute atomic E-state index is 12.1. The zero-order chi connectivity index (χ0) is 13.8. The van der Waals surface area contributed by atoms with Gasteiger partial charge in [-0.3, -0.25) is 4.79 Å². The largest absolute Gasteiger partial charge is 0.482 e. The van der Waals surface area contributed by atoms with Crippen LogP contribution < -0.4 is 10.5 Å². The summed E-state index contributed by atoms with van der Waals surface area (Å²) >= 11 is 0. The molecule has 1 aromatic rings. The van der Waals surface area contributed by atoms with Gasteiger partial charge in [-0.05, 0) is 30.4 Å². The number of nitrogen functional groups attached to an aromatic ring is 1. The van der Waals surface area contributed by atoms with Crippen molar-refractivity contribution in [1.29, 1.82) is 0 Å². The Morgan fingerprint density at radius 2 is 2.11 bits per heavy atom. The molecule has 0 aliphatic carbocycles. The molecule has 1 fully saturated rings. The summed E-state index contributed by atoms with van der Waals surface area (Å²) in [5.41, 5.74) is 6.34. The second kappa shape index (κ2) is 5.95. The van der Waals surface area contributed by atoms with Gasteiger partial charge in [-0.15, -0.1) is 0 Å². The predicted octanol–water partition coefficient (Wildman–Crippen LogP) is 2.15. The van der Waals surface area contributed by atoms with Crippen LogP contribution in [0.5, 0.6) is 5.75 Å². The third kappa shape index (κ3) is 3.40. The van der Waals surface area contributed by atoms with Crippen molar-refractivity contribution in [3.05, 3.63) is 24.3 Å². The molecule has 2 N–H and O–H groups in total. The number of likely N-dealkylation sites (tertiary alicyclic amines) is 1. The topological polar surface area (TPSA) is 55.6 Å². The molecule has 0 saturated carbocycles. The average molecular weight is 262 g/mol. The van der Waals surface area contributed by atoms with Crippen LogP contribution in [0.1, 0.15) is 20.3 Å². The lowest BCUT2D eigenvalue weighted by molar-refractivity contribution is -0.135. The summed E-state index contributed by atoms with van der Waals surface area (Å²) in [5, 5.41) is 0. The van der Waals surface area contributed by atoms with Gasteiger partial charge in [0.1, 0.15) is 5.75 Å². The molecule has 1 aromatic carbocycles. The fourth-order valence-electron chi connectivity index (χ4n) is 2.33. The number of benzene rings is 1. The highest BCUT2D eigenvalue weighted by molar-refractivity contribution is 5.78. The summed E-state index contributed by atoms with van der Waals surface area (Å²) in [7, 11) is 0. The molecule has 1 heterocycles. The highest BCUT2D eigenvalue weighted by Gasteiger charge is 2.25. The fraction of sp³-hybridized carbons (Fsp3) is 0.533. The van der Waals surface area contributed by atoms with E-state index in [1.807, 2.05) is 17.0 Å². The summed E-state index contributed by atoms with van der Waals surface area (Å²) in [6.45, 7) is 6.16. The number of hydrogen-bond acceptors (Lipinski definition) is 3. The molecule has 1 amide bonds. The molecule has 0 spiro atoms. The first-order chi connectivity index (χ1) is 9.08. The van der Waals surface area contributed by atoms with Gasteiger partial charge >= 0.3 is 0 Å². The van der Waals surface area contributed by atoms with E-state index in [9.17, 15) is 4.79 Å². The SMILES string of the molecule is CC1CCN(C(=O)COc2ccccc2N)CC1C. The summed E-state index contributed by atoms with van der Waals surface area (Å²) in [6, 6.07) is 7.24. The number of amides is 1. The van der Waals surface area contributed by atoms with Crippen molar-refractivity contribution in [1.82, 2.24) is 4.90 Å². The fourth-order valence-corrected chi connectivity index (χ4v) is 2.33. The van der Waals surface area contributed by atoms with E-state index in [-0.39, 0.29) is 12.5 Å². The highest BCUT2D eigenvalue weighted by atomic mass is 16.5. The van der Waals surface area contributed by atoms with E-state index in [2.05, 4.69) is 13.8 Å². The number of para-hydroxylation sites is 2. The van der Waals surface area contributed by atoms with Crippen molar-refractivity contribution < 1.29 is 9.53 Å². The monoisotopic (exact) mass is 262 g/mol. The van der Waals surface area contributed by atoms with Crippen LogP contribution in [-0.4, -0.2) is 30.5 Å². The van der Waals surface area contributed by atoms with Gasteiger partial charge in [0.05, 0.1) is 5.69 Å². The maximum atomic E-state index is 12.1. The van der Waals surface area contributed by atoms with Crippen molar-refractivity contribution in [2.24, 2.45) is 11.8 Å². The molecule has 104 valence electrons. The molecular weight excluding hydrogens is 240 g/mol. The molecule has 2 rings (SSSR count). The summed E-state index contributed by atoms with van der Waals surface area (Å²) in [4.78, 5) is 14.0. The Labute approximate surface area is 114 Å². The van der Waals surface area contributed by atoms with Crippen LogP contribution in [0, 0.1) is 11.8 Å². The lowest BCUT2D eigenvalue weighted by atomic mass is 9.89. The van der Waals surface area contributed by atoms with E-state index in [0.717, 1.165) is 19.5 Å². The third-order valence-corrected chi connectivity index (χ3v) is 3.96. The van der Waals surface area contributed by atoms with Crippen LogP contribution in [0.2, 0.25) is 0 Å². The summed E-state index contributed by atoms with van der Waals surface area (Å²) in [6.07, 6.45) is 1.07. The van der Waals surface area contributed by atoms with Gasteiger partial charge in [0.25, 0.3) is 5.91 Å². The minimum absolute atomic E-state index is 0.0435. The Hall–Kier alpha value is -1.71. The first kappa shape index (κ1) is 13.7. The number of ether oxygens (including phenoxy) is 1. The Kier molecular flexibility index (Phi) is 4.30. The first-order valence-electron chi connectivity index (χ1n) is 6.83. The van der Waals surface area contributed by atoms with E-state index >= 15 is 0 Å². The smallest absolute Gasteiger partial charge is 0.260 e. The molecule has 2 unspecified atom stereocenters. The number of hydrogen-bond donors (Lipinski definition) is 1. The lowest BCUT2D eigenvalue weighted by Gasteiger charge is -2.35. The third-order valence-electron chi connectivity index (χ3n) is 3.96. The second-order valence-corrected chi connectivity index (χ2v) is 5.41. The van der Waals surface area contributed by atoms with Gasteiger partial charge < -0.3 is 15.4 Å². The lowest BCUT2D eigenvalue weighted by Crippen LogP contribution is -2.44. The van der Waals surface area contributed by atoms with Crippen molar-refractivity contribution in [3.8, 4) is 5.75 Å². The van der Waals surface area contributed by atoms with Gasteiger partial charge in [-0.25, -0.2) is 0 Å². The van der Waals surface area contributed by atoms with E-state index in [1.165, 1.54) is 0 Å². The van der Waals surface area contributed by atoms with Crippen LogP contribution in [0.25, 0.3) is 0 Å². The van der Waals surface area contributed by atoms with Crippen molar-refractivity contribution in [2.75, 3.05) is 25.4 Å². The molecule has 2 atom stereocenters. The van der Waals surface area contributed by atoms with Crippen molar-refractivity contribution in [2.45, 2.75) is 20.3 Å². The molecule has 19 heavy (non-hydrogen) atoms. The van der Waals surface area contributed by atoms with E-state index < -0.39 is 0 Å². The Morgan fingerprint density at radius 3 is 2.79 bits per heavy atom. The second-order valence-electron chi connectivity index (χ2n) is 5.41. The molecule has 0 bridgehead atoms. The number of rotatable bonds is 3. The summed E-state index contributed by atoms with van der Waals surface area (Å²) in [5.74, 6) is 1.87. The standard InChI is InChI=1S/C15H22N2O2/c1-11-7-8-17(9-12(11)2)15(18)10-19-14-6-4-3-5-13(14)16/h3-6,11-12H,7-10,16H2,1-2H3. The molecule has 1 aliphatic heterocycles. The first-order valence-corrected chi connectivity index (χ1v) is 6.83. The van der Waals surface area contributed by atoms with Gasteiger partial charge in [0.2, 0.25) is 0 Å². The average Bonchev–Trinajstić information content (AvgIpc) is 2.40. The van der Waals surface area contributed by atoms with E-state index in [1.54, 1.807) is 12.1 Å². The Bertz CT molecular complexity index is 448. The van der Waals surface area contributed by atoms with Crippen LogP contribution in [0.4, 0.5) is 5.69 Å². The van der Waals surface area contributed by atoms with E-state index in [0.29, 0.717) is 23.3 Å². The zero-order valence-electron chi connectivity index (χ0n) is 11.6. The van der Waals surface area contributed by atoms with Crippen molar-refractivity contribution in [3.63, 3.8) is 0 Å². The minimum atomic E-state index is 0.0435. The molecule has 1 aliphatic rings. The minimum Gasteiger partial charge on any atom is -0.482 e. The molecule has 0 radical (unpaired) electrons. The molecule has 1 saturated heterocycles. The summed E-state index contributed by atoms with van der Waals surface area (Å²) < 4.78 is 5.50. The number of anilines is 1. The van der Waals surface area contributed by atoms with Crippen LogP contribution in [0.3, 0.4) is 0 Å². The van der Waals surface area contributed by atoms with Crippen molar-refractivity contribution >= 4 is 11.6 Å². The highest BCUT2D eigenvalue weighted by Crippen LogP contribution is 2.23. The van der Waals surface area contributed by atoms with E-state index in [4.69, 9.17) is 10.5 Å². The number of carbonyl (C=O) groups excluding carboxylic acids is 1. The number of piperidine rings is 1. The molecular formula is C15H22N2O2. The van der Waals surface area contributed by atoms with Crippen LogP contribution in [0.15, 0.2) is 24.3 Å². The number of nitrogens with zero attached hydrogens (tertiary/aromatic N) is 1. The van der Waals surface area contributed by atoms with Gasteiger partial charge in [0.15, 0.2) is 6.61 Å². The predicted molar refractivity (Wildman–Crippen MR) is 75.9 cm³/mol. The zero-order valence-corrected chi connectivity index (χ0v) is 11.6. The van der Waals surface area contributed by atoms with Gasteiger partial charge in [-0.2, -0.15) is 0 Å². The maximum Gasteiger partial charge on any atom is 0.260 e. The normalized spacial score (nSPS) is 23.2. The van der Waals surface area contributed by atoms with Crippen LogP contribution in [-0.2, 0) is 4.79 Å². The molecule has 0 aromatic heterocycles. The number of nitrogens with two attached hydrogens (primary N) is 1. The van der Waals surface area contributed by atoms with Crippen LogP contribution >= 0.6 is 0 Å².